The number of fused-ring (bicyclic) bond motifs is 1. The zero-order chi connectivity index (χ0) is 14.8. The number of amides is 2. The maximum Gasteiger partial charge on any atom is 0.223 e. The summed E-state index contributed by atoms with van der Waals surface area (Å²) >= 11 is 0. The second-order valence-electron chi connectivity index (χ2n) is 5.69. The van der Waals surface area contributed by atoms with Crippen LogP contribution in [0.25, 0.3) is 0 Å². The number of nitrogens with zero attached hydrogens (tertiary/aromatic N) is 1. The normalized spacial score (nSPS) is 21.6. The van der Waals surface area contributed by atoms with E-state index in [0.29, 0.717) is 19.7 Å². The minimum atomic E-state index is -0.0560. The first-order chi connectivity index (χ1) is 10.1. The molecule has 1 aromatic rings. The number of carbonyl (C=O) groups is 2. The van der Waals surface area contributed by atoms with Crippen LogP contribution >= 0.6 is 0 Å². The lowest BCUT2D eigenvalue weighted by atomic mass is 9.95. The lowest BCUT2D eigenvalue weighted by Crippen LogP contribution is -2.43. The Morgan fingerprint density at radius 3 is 2.67 bits per heavy atom. The van der Waals surface area contributed by atoms with Gasteiger partial charge in [-0.15, -0.1) is 0 Å². The third-order valence-corrected chi connectivity index (χ3v) is 4.33. The molecule has 21 heavy (non-hydrogen) atoms. The van der Waals surface area contributed by atoms with Crippen molar-refractivity contribution < 1.29 is 14.3 Å². The van der Waals surface area contributed by atoms with Gasteiger partial charge in [0.05, 0.1) is 6.04 Å². The van der Waals surface area contributed by atoms with Gasteiger partial charge in [0.2, 0.25) is 11.8 Å². The van der Waals surface area contributed by atoms with E-state index in [-0.39, 0.29) is 23.8 Å². The van der Waals surface area contributed by atoms with Crippen molar-refractivity contribution in [3.05, 3.63) is 29.8 Å². The van der Waals surface area contributed by atoms with Gasteiger partial charge < -0.3 is 15.0 Å². The van der Waals surface area contributed by atoms with Crippen molar-refractivity contribution in [2.45, 2.75) is 25.8 Å². The summed E-state index contributed by atoms with van der Waals surface area (Å²) in [4.78, 5) is 25.5. The van der Waals surface area contributed by atoms with Gasteiger partial charge in [0.1, 0.15) is 12.4 Å². The number of nitrogens with one attached hydrogen (secondary N) is 1. The van der Waals surface area contributed by atoms with E-state index in [2.05, 4.69) is 5.32 Å². The zero-order valence-corrected chi connectivity index (χ0v) is 12.2. The summed E-state index contributed by atoms with van der Waals surface area (Å²) in [5, 5.41) is 3.08. The Balaban J connectivity index is 1.57. The van der Waals surface area contributed by atoms with Gasteiger partial charge in [-0.1, -0.05) is 18.2 Å². The molecule has 2 heterocycles. The molecule has 0 aromatic heterocycles. The molecule has 1 aromatic carbocycles. The van der Waals surface area contributed by atoms with Crippen LogP contribution < -0.4 is 10.1 Å². The molecule has 2 aliphatic rings. The second kappa shape index (κ2) is 5.76. The van der Waals surface area contributed by atoms with Crippen molar-refractivity contribution in [1.82, 2.24) is 10.2 Å². The minimum Gasteiger partial charge on any atom is -0.491 e. The second-order valence-corrected chi connectivity index (χ2v) is 5.69. The highest BCUT2D eigenvalue weighted by Crippen LogP contribution is 2.32. The Morgan fingerprint density at radius 1 is 1.24 bits per heavy atom. The van der Waals surface area contributed by atoms with Crippen molar-refractivity contribution in [2.75, 3.05) is 19.7 Å². The molecule has 0 radical (unpaired) electrons. The van der Waals surface area contributed by atoms with E-state index in [9.17, 15) is 9.59 Å². The summed E-state index contributed by atoms with van der Waals surface area (Å²) in [6.07, 6.45) is 1.47. The summed E-state index contributed by atoms with van der Waals surface area (Å²) < 4.78 is 5.58. The van der Waals surface area contributed by atoms with Crippen molar-refractivity contribution in [2.24, 2.45) is 5.92 Å². The first kappa shape index (κ1) is 13.9. The number of hydrogen-bond acceptors (Lipinski definition) is 3. The van der Waals surface area contributed by atoms with E-state index in [1.807, 2.05) is 24.3 Å². The van der Waals surface area contributed by atoms with Gasteiger partial charge in [-0.2, -0.15) is 0 Å². The SMILES string of the molecule is CC(=O)N1CCC(C(=O)NC2COc3ccccc32)CC1. The molecule has 1 atom stereocenters. The molecular formula is C16H20N2O3. The smallest absolute Gasteiger partial charge is 0.223 e. The molecule has 112 valence electrons. The van der Waals surface area contributed by atoms with Gasteiger partial charge in [-0.05, 0) is 18.9 Å². The molecule has 5 nitrogen and oxygen atoms in total. The zero-order valence-electron chi connectivity index (χ0n) is 12.2. The molecule has 0 bridgehead atoms. The predicted molar refractivity (Wildman–Crippen MR) is 77.8 cm³/mol. The van der Waals surface area contributed by atoms with Gasteiger partial charge >= 0.3 is 0 Å². The Bertz CT molecular complexity index is 550. The first-order valence-corrected chi connectivity index (χ1v) is 7.43. The average molecular weight is 288 g/mol. The third kappa shape index (κ3) is 2.86. The Labute approximate surface area is 124 Å². The van der Waals surface area contributed by atoms with Crippen LogP contribution in [0.3, 0.4) is 0 Å². The Hall–Kier alpha value is -2.04. The Morgan fingerprint density at radius 2 is 1.95 bits per heavy atom. The quantitative estimate of drug-likeness (QED) is 0.897. The highest BCUT2D eigenvalue weighted by molar-refractivity contribution is 5.80. The van der Waals surface area contributed by atoms with Crippen LogP contribution in [0.2, 0.25) is 0 Å². The van der Waals surface area contributed by atoms with Crippen LogP contribution in [0.15, 0.2) is 24.3 Å². The van der Waals surface area contributed by atoms with E-state index in [1.165, 1.54) is 0 Å². The van der Waals surface area contributed by atoms with Crippen LogP contribution in [0, 0.1) is 5.92 Å². The molecule has 5 heteroatoms. The van der Waals surface area contributed by atoms with Crippen molar-refractivity contribution in [1.29, 1.82) is 0 Å². The number of carbonyl (C=O) groups excluding carboxylic acids is 2. The fourth-order valence-corrected chi connectivity index (χ4v) is 3.03. The van der Waals surface area contributed by atoms with Crippen LogP contribution in [-0.4, -0.2) is 36.4 Å². The molecular weight excluding hydrogens is 268 g/mol. The highest BCUT2D eigenvalue weighted by Gasteiger charge is 2.30. The lowest BCUT2D eigenvalue weighted by molar-refractivity contribution is -0.134. The average Bonchev–Trinajstić information content (AvgIpc) is 2.91. The molecule has 1 fully saturated rings. The molecule has 2 amide bonds. The highest BCUT2D eigenvalue weighted by atomic mass is 16.5. The van der Waals surface area contributed by atoms with Crippen LogP contribution in [0.5, 0.6) is 5.75 Å². The number of hydrogen-bond donors (Lipinski definition) is 1. The summed E-state index contributed by atoms with van der Waals surface area (Å²) in [6, 6.07) is 7.75. The molecule has 3 rings (SSSR count). The predicted octanol–water partition coefficient (Wildman–Crippen LogP) is 1.49. The summed E-state index contributed by atoms with van der Waals surface area (Å²) in [5.41, 5.74) is 1.05. The fourth-order valence-electron chi connectivity index (χ4n) is 3.03. The maximum absolute atomic E-state index is 12.4. The van der Waals surface area contributed by atoms with Crippen molar-refractivity contribution in [3.8, 4) is 5.75 Å². The first-order valence-electron chi connectivity index (χ1n) is 7.43. The molecule has 0 spiro atoms. The van der Waals surface area contributed by atoms with Crippen molar-refractivity contribution in [3.63, 3.8) is 0 Å². The van der Waals surface area contributed by atoms with E-state index >= 15 is 0 Å². The minimum absolute atomic E-state index is 0.00615. The summed E-state index contributed by atoms with van der Waals surface area (Å²) in [6.45, 7) is 3.42. The number of benzene rings is 1. The van der Waals surface area contributed by atoms with Crippen LogP contribution in [0.1, 0.15) is 31.4 Å². The summed E-state index contributed by atoms with van der Waals surface area (Å²) in [5.74, 6) is 1.01. The number of para-hydroxylation sites is 1. The number of rotatable bonds is 2. The van der Waals surface area contributed by atoms with Gasteiger partial charge in [0, 0.05) is 31.5 Å². The van der Waals surface area contributed by atoms with Crippen LogP contribution in [0.4, 0.5) is 0 Å². The van der Waals surface area contributed by atoms with Gasteiger partial charge in [-0.3, -0.25) is 9.59 Å². The van der Waals surface area contributed by atoms with E-state index in [1.54, 1.807) is 11.8 Å². The van der Waals surface area contributed by atoms with E-state index in [0.717, 1.165) is 24.2 Å². The molecule has 0 aliphatic carbocycles. The van der Waals surface area contributed by atoms with E-state index < -0.39 is 0 Å². The van der Waals surface area contributed by atoms with Crippen LogP contribution in [-0.2, 0) is 9.59 Å². The van der Waals surface area contributed by atoms with E-state index in [4.69, 9.17) is 4.74 Å². The monoisotopic (exact) mass is 288 g/mol. The molecule has 1 saturated heterocycles. The van der Waals surface area contributed by atoms with Gasteiger partial charge in [-0.25, -0.2) is 0 Å². The molecule has 0 saturated carbocycles. The Kier molecular flexibility index (Phi) is 3.82. The number of ether oxygens (including phenoxy) is 1. The molecule has 1 unspecified atom stereocenters. The molecule has 2 aliphatic heterocycles. The van der Waals surface area contributed by atoms with Gasteiger partial charge in [0.25, 0.3) is 0 Å². The number of likely N-dealkylation sites (tertiary alicyclic amines) is 1. The summed E-state index contributed by atoms with van der Waals surface area (Å²) in [7, 11) is 0. The van der Waals surface area contributed by atoms with Gasteiger partial charge in [0.15, 0.2) is 0 Å². The lowest BCUT2D eigenvalue weighted by Gasteiger charge is -2.31. The topological polar surface area (TPSA) is 58.6 Å². The third-order valence-electron chi connectivity index (χ3n) is 4.33. The largest absolute Gasteiger partial charge is 0.491 e. The van der Waals surface area contributed by atoms with Crippen molar-refractivity contribution >= 4 is 11.8 Å². The fraction of sp³-hybridized carbons (Fsp3) is 0.500. The number of piperidine rings is 1. The molecule has 1 N–H and O–H groups in total. The standard InChI is InChI=1S/C16H20N2O3/c1-11(19)18-8-6-12(7-9-18)16(20)17-14-10-21-15-5-3-2-4-13(14)15/h2-5,12,14H,6-10H2,1H3,(H,17,20). The maximum atomic E-state index is 12.4.